The zero-order valence-electron chi connectivity index (χ0n) is 8.06. The summed E-state index contributed by atoms with van der Waals surface area (Å²) in [6.45, 7) is 0. The van der Waals surface area contributed by atoms with E-state index in [1.165, 1.54) is 0 Å². The molecule has 10 heteroatoms. The average Bonchev–Trinajstić information content (AvgIpc) is 2.13. The molecule has 1 rings (SSSR count). The van der Waals surface area contributed by atoms with Crippen LogP contribution in [0.3, 0.4) is 0 Å². The molecule has 0 bridgehead atoms. The van der Waals surface area contributed by atoms with Crippen molar-refractivity contribution < 1.29 is 39.5 Å². The Balaban J connectivity index is 3.64. The van der Waals surface area contributed by atoms with Crippen LogP contribution in [0.25, 0.3) is 0 Å². The molecule has 0 aliphatic carbocycles. The van der Waals surface area contributed by atoms with Crippen LogP contribution in [0.5, 0.6) is 0 Å². The van der Waals surface area contributed by atoms with Gasteiger partial charge in [-0.2, -0.15) is 26.3 Å². The summed E-state index contributed by atoms with van der Waals surface area (Å²) in [4.78, 5) is -1.18. The first-order valence-electron chi connectivity index (χ1n) is 4.03. The molecule has 0 saturated heterocycles. The van der Waals surface area contributed by atoms with Crippen LogP contribution in [0.1, 0.15) is 11.1 Å². The zero-order chi connectivity index (χ0) is 14.3. The Bertz CT molecular complexity index is 456. The normalized spacial score (nSPS) is 14.7. The van der Waals surface area contributed by atoms with Crippen LogP contribution in [0, 0.1) is 5.82 Å². The molecular weight excluding hydrogens is 293 g/mol. The molecule has 0 aromatic heterocycles. The quantitative estimate of drug-likeness (QED) is 0.636. The molecule has 1 aromatic carbocycles. The van der Waals surface area contributed by atoms with Crippen molar-refractivity contribution in [3.8, 4) is 0 Å². The van der Waals surface area contributed by atoms with Gasteiger partial charge in [0, 0.05) is 0 Å². The number of hydrogen-bond acceptors (Lipinski definition) is 1. The van der Waals surface area contributed by atoms with E-state index in [1.54, 1.807) is 0 Å². The first-order valence-corrected chi connectivity index (χ1v) is 5.14. The summed E-state index contributed by atoms with van der Waals surface area (Å²) < 4.78 is 106. The molecule has 1 aromatic rings. The summed E-state index contributed by atoms with van der Waals surface area (Å²) in [6.07, 6.45) is -10.8. The standard InChI is InChI=1S/C8H3F7O2S/c9-6-4(7(10,11)12)1-3(18(16)17)2-5(6)8(13,14)15/h1-2H,(H,16,17). The van der Waals surface area contributed by atoms with Crippen molar-refractivity contribution in [2.45, 2.75) is 17.2 Å². The third kappa shape index (κ3) is 2.99. The van der Waals surface area contributed by atoms with Crippen molar-refractivity contribution >= 4 is 11.1 Å². The maximum atomic E-state index is 13.1. The summed E-state index contributed by atoms with van der Waals surface area (Å²) in [7, 11) is 0. The van der Waals surface area contributed by atoms with Crippen LogP contribution in [-0.4, -0.2) is 8.76 Å². The summed E-state index contributed by atoms with van der Waals surface area (Å²) in [5.41, 5.74) is -4.48. The fourth-order valence-electron chi connectivity index (χ4n) is 1.11. The molecule has 2 nitrogen and oxygen atoms in total. The van der Waals surface area contributed by atoms with Gasteiger partial charge in [0.1, 0.15) is 5.82 Å². The Morgan fingerprint density at radius 3 is 1.50 bits per heavy atom. The molecular formula is C8H3F7O2S. The van der Waals surface area contributed by atoms with Gasteiger partial charge < -0.3 is 4.55 Å². The van der Waals surface area contributed by atoms with Crippen LogP contribution in [0.2, 0.25) is 0 Å². The lowest BCUT2D eigenvalue weighted by molar-refractivity contribution is -0.148. The van der Waals surface area contributed by atoms with E-state index < -0.39 is 45.3 Å². The van der Waals surface area contributed by atoms with E-state index in [0.29, 0.717) is 0 Å². The van der Waals surface area contributed by atoms with Crippen LogP contribution < -0.4 is 0 Å². The Morgan fingerprint density at radius 1 is 0.944 bits per heavy atom. The predicted molar refractivity (Wildman–Crippen MR) is 45.4 cm³/mol. The van der Waals surface area contributed by atoms with Crippen molar-refractivity contribution in [1.29, 1.82) is 0 Å². The van der Waals surface area contributed by atoms with Crippen LogP contribution in [0.15, 0.2) is 17.0 Å². The average molecular weight is 296 g/mol. The number of hydrogen-bond donors (Lipinski definition) is 1. The highest BCUT2D eigenvalue weighted by Crippen LogP contribution is 2.39. The molecule has 1 atom stereocenters. The molecule has 0 fully saturated rings. The number of rotatable bonds is 1. The van der Waals surface area contributed by atoms with Crippen LogP contribution >= 0.6 is 0 Å². The van der Waals surface area contributed by atoms with Gasteiger partial charge in [-0.15, -0.1) is 0 Å². The lowest BCUT2D eigenvalue weighted by Gasteiger charge is -2.14. The van der Waals surface area contributed by atoms with Gasteiger partial charge in [0.25, 0.3) is 0 Å². The number of halogens is 7. The number of benzene rings is 1. The van der Waals surface area contributed by atoms with Gasteiger partial charge in [0.15, 0.2) is 11.1 Å². The van der Waals surface area contributed by atoms with Gasteiger partial charge in [-0.3, -0.25) is 0 Å². The van der Waals surface area contributed by atoms with Crippen molar-refractivity contribution in [3.05, 3.63) is 29.1 Å². The molecule has 102 valence electrons. The molecule has 0 amide bonds. The summed E-state index contributed by atoms with van der Waals surface area (Å²) >= 11 is -3.09. The summed E-state index contributed by atoms with van der Waals surface area (Å²) in [5.74, 6) is -2.52. The molecule has 1 unspecified atom stereocenters. The van der Waals surface area contributed by atoms with E-state index in [1.807, 2.05) is 0 Å². The Kier molecular flexibility index (Phi) is 3.73. The van der Waals surface area contributed by atoms with Gasteiger partial charge in [0.2, 0.25) is 0 Å². The summed E-state index contributed by atoms with van der Waals surface area (Å²) in [6, 6.07) is -0.276. The minimum atomic E-state index is -5.40. The van der Waals surface area contributed by atoms with Gasteiger partial charge in [-0.05, 0) is 12.1 Å². The van der Waals surface area contributed by atoms with Gasteiger partial charge >= 0.3 is 12.4 Å². The largest absolute Gasteiger partial charge is 0.419 e. The predicted octanol–water partition coefficient (Wildman–Crippen LogP) is 3.44. The molecule has 18 heavy (non-hydrogen) atoms. The van der Waals surface area contributed by atoms with Crippen molar-refractivity contribution in [2.75, 3.05) is 0 Å². The Labute approximate surface area is 97.7 Å². The second-order valence-corrected chi connectivity index (χ2v) is 4.05. The van der Waals surface area contributed by atoms with E-state index in [9.17, 15) is 34.9 Å². The van der Waals surface area contributed by atoms with E-state index in [4.69, 9.17) is 4.55 Å². The zero-order valence-corrected chi connectivity index (χ0v) is 8.88. The highest BCUT2D eigenvalue weighted by Gasteiger charge is 2.42. The maximum absolute atomic E-state index is 13.1. The number of alkyl halides is 6. The first kappa shape index (κ1) is 14.9. The molecule has 0 spiro atoms. The molecule has 0 radical (unpaired) electrons. The lowest BCUT2D eigenvalue weighted by Crippen LogP contribution is -2.16. The van der Waals surface area contributed by atoms with Crippen LogP contribution in [0.4, 0.5) is 30.7 Å². The van der Waals surface area contributed by atoms with Crippen molar-refractivity contribution in [2.24, 2.45) is 0 Å². The third-order valence-electron chi connectivity index (χ3n) is 1.86. The molecule has 0 heterocycles. The first-order chi connectivity index (χ1) is 7.94. The molecule has 1 N–H and O–H groups in total. The van der Waals surface area contributed by atoms with Gasteiger partial charge in [0.05, 0.1) is 16.0 Å². The smallest absolute Gasteiger partial charge is 0.302 e. The minimum Gasteiger partial charge on any atom is -0.302 e. The summed E-state index contributed by atoms with van der Waals surface area (Å²) in [5, 5.41) is 0. The fourth-order valence-corrected chi connectivity index (χ4v) is 1.55. The van der Waals surface area contributed by atoms with E-state index in [0.717, 1.165) is 0 Å². The lowest BCUT2D eigenvalue weighted by atomic mass is 10.1. The molecule has 0 saturated carbocycles. The highest BCUT2D eigenvalue weighted by atomic mass is 32.2. The fraction of sp³-hybridized carbons (Fsp3) is 0.250. The van der Waals surface area contributed by atoms with E-state index in [-0.39, 0.29) is 12.1 Å². The SMILES string of the molecule is O=S(O)c1cc(C(F)(F)F)c(F)c(C(F)(F)F)c1. The van der Waals surface area contributed by atoms with Gasteiger partial charge in [-0.25, -0.2) is 8.60 Å². The Morgan fingerprint density at radius 2 is 1.28 bits per heavy atom. The highest BCUT2D eigenvalue weighted by molar-refractivity contribution is 7.79. The second kappa shape index (κ2) is 4.50. The van der Waals surface area contributed by atoms with E-state index in [2.05, 4.69) is 0 Å². The van der Waals surface area contributed by atoms with E-state index >= 15 is 0 Å². The monoisotopic (exact) mass is 296 g/mol. The topological polar surface area (TPSA) is 37.3 Å². The Hall–Kier alpha value is -1.16. The van der Waals surface area contributed by atoms with Crippen molar-refractivity contribution in [3.63, 3.8) is 0 Å². The molecule has 0 aliphatic rings. The van der Waals surface area contributed by atoms with Gasteiger partial charge in [-0.1, -0.05) is 0 Å². The van der Waals surface area contributed by atoms with Crippen molar-refractivity contribution in [1.82, 2.24) is 0 Å². The van der Waals surface area contributed by atoms with Crippen LogP contribution in [-0.2, 0) is 23.4 Å². The second-order valence-electron chi connectivity index (χ2n) is 3.08. The maximum Gasteiger partial charge on any atom is 0.419 e. The molecule has 0 aliphatic heterocycles. The minimum absolute atomic E-state index is 0.138. The third-order valence-corrected chi connectivity index (χ3v) is 2.50.